The first-order valence-electron chi connectivity index (χ1n) is 7.10. The summed E-state index contributed by atoms with van der Waals surface area (Å²) in [5, 5.41) is 0. The molecular formula is C17H20N2O3. The standard InChI is InChI=1S/C17H20N2O3/c1-4-19(12-13-5-8-15(21-2)9-6-13)17(20)14-7-10-16(22-3)18-11-14/h5-11H,4,12H2,1-3H3. The van der Waals surface area contributed by atoms with Gasteiger partial charge >= 0.3 is 0 Å². The van der Waals surface area contributed by atoms with Gasteiger partial charge in [-0.2, -0.15) is 0 Å². The molecule has 0 N–H and O–H groups in total. The lowest BCUT2D eigenvalue weighted by Gasteiger charge is -2.21. The number of ether oxygens (including phenoxy) is 2. The summed E-state index contributed by atoms with van der Waals surface area (Å²) in [5.74, 6) is 1.25. The van der Waals surface area contributed by atoms with Gasteiger partial charge in [0.2, 0.25) is 5.88 Å². The summed E-state index contributed by atoms with van der Waals surface area (Å²) in [6.45, 7) is 3.13. The van der Waals surface area contributed by atoms with E-state index >= 15 is 0 Å². The van der Waals surface area contributed by atoms with Crippen LogP contribution in [-0.2, 0) is 6.54 Å². The monoisotopic (exact) mass is 300 g/mol. The number of hydrogen-bond donors (Lipinski definition) is 0. The summed E-state index contributed by atoms with van der Waals surface area (Å²) in [5.41, 5.74) is 1.61. The van der Waals surface area contributed by atoms with Gasteiger partial charge in [0.1, 0.15) is 5.75 Å². The molecule has 0 saturated heterocycles. The van der Waals surface area contributed by atoms with Crippen LogP contribution in [0.1, 0.15) is 22.8 Å². The normalized spacial score (nSPS) is 10.1. The van der Waals surface area contributed by atoms with Gasteiger partial charge in [-0.1, -0.05) is 12.1 Å². The van der Waals surface area contributed by atoms with E-state index in [1.54, 1.807) is 31.3 Å². The van der Waals surface area contributed by atoms with Gasteiger partial charge in [-0.05, 0) is 30.7 Å². The molecule has 5 heteroatoms. The zero-order valence-electron chi connectivity index (χ0n) is 13.1. The largest absolute Gasteiger partial charge is 0.497 e. The van der Waals surface area contributed by atoms with Gasteiger partial charge in [0.05, 0.1) is 19.8 Å². The van der Waals surface area contributed by atoms with E-state index in [9.17, 15) is 4.79 Å². The summed E-state index contributed by atoms with van der Waals surface area (Å²) >= 11 is 0. The van der Waals surface area contributed by atoms with Crippen LogP contribution in [0.15, 0.2) is 42.6 Å². The van der Waals surface area contributed by atoms with Crippen molar-refractivity contribution in [2.24, 2.45) is 0 Å². The molecule has 0 aliphatic rings. The summed E-state index contributed by atoms with van der Waals surface area (Å²) in [4.78, 5) is 18.4. The first kappa shape index (κ1) is 15.8. The van der Waals surface area contributed by atoms with Crippen molar-refractivity contribution in [3.63, 3.8) is 0 Å². The van der Waals surface area contributed by atoms with Crippen LogP contribution in [0.3, 0.4) is 0 Å². The Morgan fingerprint density at radius 1 is 1.09 bits per heavy atom. The molecule has 116 valence electrons. The molecule has 0 bridgehead atoms. The smallest absolute Gasteiger partial charge is 0.255 e. The van der Waals surface area contributed by atoms with Crippen molar-refractivity contribution in [2.75, 3.05) is 20.8 Å². The molecule has 0 radical (unpaired) electrons. The van der Waals surface area contributed by atoms with E-state index in [0.29, 0.717) is 24.5 Å². The van der Waals surface area contributed by atoms with Crippen molar-refractivity contribution >= 4 is 5.91 Å². The van der Waals surface area contributed by atoms with Gasteiger partial charge in [-0.3, -0.25) is 4.79 Å². The average Bonchev–Trinajstić information content (AvgIpc) is 2.59. The fourth-order valence-electron chi connectivity index (χ4n) is 2.09. The third kappa shape index (κ3) is 3.75. The van der Waals surface area contributed by atoms with Crippen molar-refractivity contribution in [2.45, 2.75) is 13.5 Å². The Morgan fingerprint density at radius 3 is 2.32 bits per heavy atom. The number of nitrogens with zero attached hydrogens (tertiary/aromatic N) is 2. The van der Waals surface area contributed by atoms with Crippen molar-refractivity contribution in [3.8, 4) is 11.6 Å². The number of amides is 1. The maximum absolute atomic E-state index is 12.5. The third-order valence-corrected chi connectivity index (χ3v) is 3.39. The quantitative estimate of drug-likeness (QED) is 0.823. The SMILES string of the molecule is CCN(Cc1ccc(OC)cc1)C(=O)c1ccc(OC)nc1. The van der Waals surface area contributed by atoms with E-state index in [-0.39, 0.29) is 5.91 Å². The van der Waals surface area contributed by atoms with Gasteiger partial charge in [-0.15, -0.1) is 0 Å². The van der Waals surface area contributed by atoms with Crippen LogP contribution < -0.4 is 9.47 Å². The van der Waals surface area contributed by atoms with Crippen molar-refractivity contribution in [3.05, 3.63) is 53.7 Å². The van der Waals surface area contributed by atoms with Crippen LogP contribution in [0, 0.1) is 0 Å². The minimum atomic E-state index is -0.0477. The molecule has 0 saturated carbocycles. The van der Waals surface area contributed by atoms with Gasteiger partial charge in [0.25, 0.3) is 5.91 Å². The Morgan fingerprint density at radius 2 is 1.82 bits per heavy atom. The third-order valence-electron chi connectivity index (χ3n) is 3.39. The van der Waals surface area contributed by atoms with Crippen LogP contribution in [-0.4, -0.2) is 36.6 Å². The van der Waals surface area contributed by atoms with E-state index in [2.05, 4.69) is 4.98 Å². The van der Waals surface area contributed by atoms with Gasteiger partial charge < -0.3 is 14.4 Å². The fraction of sp³-hybridized carbons (Fsp3) is 0.294. The highest BCUT2D eigenvalue weighted by atomic mass is 16.5. The topological polar surface area (TPSA) is 51.7 Å². The Kier molecular flexibility index (Phi) is 5.36. The first-order valence-corrected chi connectivity index (χ1v) is 7.10. The van der Waals surface area contributed by atoms with Gasteiger partial charge in [0, 0.05) is 25.4 Å². The number of methoxy groups -OCH3 is 2. The molecule has 1 aromatic heterocycles. The Balaban J connectivity index is 2.10. The molecule has 22 heavy (non-hydrogen) atoms. The van der Waals surface area contributed by atoms with E-state index in [4.69, 9.17) is 9.47 Å². The molecule has 0 aliphatic heterocycles. The second-order valence-corrected chi connectivity index (χ2v) is 4.76. The predicted octanol–water partition coefficient (Wildman–Crippen LogP) is 2.76. The van der Waals surface area contributed by atoms with Crippen LogP contribution in [0.25, 0.3) is 0 Å². The van der Waals surface area contributed by atoms with E-state index < -0.39 is 0 Å². The van der Waals surface area contributed by atoms with E-state index in [1.165, 1.54) is 6.20 Å². The highest BCUT2D eigenvalue weighted by Crippen LogP contribution is 2.15. The zero-order valence-corrected chi connectivity index (χ0v) is 13.1. The number of carbonyl (C=O) groups is 1. The number of carbonyl (C=O) groups excluding carboxylic acids is 1. The van der Waals surface area contributed by atoms with Gasteiger partial charge in [0.15, 0.2) is 0 Å². The predicted molar refractivity (Wildman–Crippen MR) is 84.2 cm³/mol. The van der Waals surface area contributed by atoms with Crippen LogP contribution >= 0.6 is 0 Å². The lowest BCUT2D eigenvalue weighted by Crippen LogP contribution is -2.30. The highest BCUT2D eigenvalue weighted by Gasteiger charge is 2.15. The maximum atomic E-state index is 12.5. The molecule has 1 amide bonds. The molecule has 1 aromatic carbocycles. The number of pyridine rings is 1. The van der Waals surface area contributed by atoms with Crippen molar-refractivity contribution < 1.29 is 14.3 Å². The summed E-state index contributed by atoms with van der Waals surface area (Å²) in [6.07, 6.45) is 1.54. The molecule has 2 rings (SSSR count). The molecule has 2 aromatic rings. The van der Waals surface area contributed by atoms with Crippen LogP contribution in [0.4, 0.5) is 0 Å². The first-order chi connectivity index (χ1) is 10.7. The average molecular weight is 300 g/mol. The molecule has 1 heterocycles. The number of rotatable bonds is 6. The summed E-state index contributed by atoms with van der Waals surface area (Å²) in [7, 11) is 3.18. The van der Waals surface area contributed by atoms with E-state index in [0.717, 1.165) is 11.3 Å². The van der Waals surface area contributed by atoms with Crippen molar-refractivity contribution in [1.29, 1.82) is 0 Å². The number of hydrogen-bond acceptors (Lipinski definition) is 4. The molecule has 0 fully saturated rings. The summed E-state index contributed by atoms with van der Waals surface area (Å²) in [6, 6.07) is 11.1. The minimum Gasteiger partial charge on any atom is -0.497 e. The minimum absolute atomic E-state index is 0.0477. The molecule has 0 unspecified atom stereocenters. The molecule has 0 spiro atoms. The second kappa shape index (κ2) is 7.45. The lowest BCUT2D eigenvalue weighted by atomic mass is 10.2. The molecular weight excluding hydrogens is 280 g/mol. The Bertz CT molecular complexity index is 609. The maximum Gasteiger partial charge on any atom is 0.255 e. The van der Waals surface area contributed by atoms with Crippen LogP contribution in [0.2, 0.25) is 0 Å². The number of aromatic nitrogens is 1. The van der Waals surface area contributed by atoms with Crippen LogP contribution in [0.5, 0.6) is 11.6 Å². The highest BCUT2D eigenvalue weighted by molar-refractivity contribution is 5.93. The number of benzene rings is 1. The Hall–Kier alpha value is -2.56. The lowest BCUT2D eigenvalue weighted by molar-refractivity contribution is 0.0752. The molecule has 0 atom stereocenters. The van der Waals surface area contributed by atoms with Crippen molar-refractivity contribution in [1.82, 2.24) is 9.88 Å². The van der Waals surface area contributed by atoms with Gasteiger partial charge in [-0.25, -0.2) is 4.98 Å². The van der Waals surface area contributed by atoms with E-state index in [1.807, 2.05) is 31.2 Å². The second-order valence-electron chi connectivity index (χ2n) is 4.76. The zero-order chi connectivity index (χ0) is 15.9. The fourth-order valence-corrected chi connectivity index (χ4v) is 2.09. The summed E-state index contributed by atoms with van der Waals surface area (Å²) < 4.78 is 10.1. The Labute approximate surface area is 130 Å². The molecule has 0 aliphatic carbocycles. The molecule has 5 nitrogen and oxygen atoms in total.